The van der Waals surface area contributed by atoms with Crippen molar-refractivity contribution in [1.82, 2.24) is 20.3 Å². The lowest BCUT2D eigenvalue weighted by Gasteiger charge is -2.13. The monoisotopic (exact) mass is 275 g/mol. The van der Waals surface area contributed by atoms with Gasteiger partial charge in [0.1, 0.15) is 0 Å². The van der Waals surface area contributed by atoms with Crippen LogP contribution in [0.15, 0.2) is 36.7 Å². The molecule has 2 aromatic rings. The molecule has 0 amide bonds. The summed E-state index contributed by atoms with van der Waals surface area (Å²) in [5, 5.41) is 21.6. The lowest BCUT2D eigenvalue weighted by molar-refractivity contribution is -0.384. The van der Waals surface area contributed by atoms with E-state index in [1.54, 1.807) is 23.0 Å². The van der Waals surface area contributed by atoms with Crippen molar-refractivity contribution in [2.24, 2.45) is 0 Å². The van der Waals surface area contributed by atoms with E-state index in [4.69, 9.17) is 0 Å². The lowest BCUT2D eigenvalue weighted by Crippen LogP contribution is -2.21. The van der Waals surface area contributed by atoms with Crippen molar-refractivity contribution < 1.29 is 4.92 Å². The number of hydrogen-bond donors (Lipinski definition) is 1. The number of aromatic nitrogens is 3. The van der Waals surface area contributed by atoms with E-state index < -0.39 is 0 Å². The average Bonchev–Trinajstić information content (AvgIpc) is 2.96. The standard InChI is InChI=1S/C13H17N5O2/c1-11(12-3-5-13(6-4-12)18(19)20)14-7-2-9-17-10-8-15-16-17/h3-6,8,10-11,14H,2,7,9H2,1H3. The van der Waals surface area contributed by atoms with Crippen LogP contribution in [0.25, 0.3) is 0 Å². The molecule has 1 heterocycles. The molecule has 1 aromatic heterocycles. The van der Waals surface area contributed by atoms with Gasteiger partial charge in [-0.1, -0.05) is 17.3 Å². The lowest BCUT2D eigenvalue weighted by atomic mass is 10.1. The summed E-state index contributed by atoms with van der Waals surface area (Å²) in [5.74, 6) is 0. The normalized spacial score (nSPS) is 12.2. The van der Waals surface area contributed by atoms with Crippen LogP contribution >= 0.6 is 0 Å². The molecule has 20 heavy (non-hydrogen) atoms. The van der Waals surface area contributed by atoms with Crippen molar-refractivity contribution in [3.8, 4) is 0 Å². The van der Waals surface area contributed by atoms with E-state index >= 15 is 0 Å². The van der Waals surface area contributed by atoms with Crippen LogP contribution in [0, 0.1) is 10.1 Å². The fourth-order valence-corrected chi connectivity index (χ4v) is 1.91. The van der Waals surface area contributed by atoms with Crippen LogP contribution in [0.2, 0.25) is 0 Å². The first-order valence-electron chi connectivity index (χ1n) is 6.48. The largest absolute Gasteiger partial charge is 0.310 e. The van der Waals surface area contributed by atoms with Gasteiger partial charge in [0.2, 0.25) is 0 Å². The smallest absolute Gasteiger partial charge is 0.269 e. The van der Waals surface area contributed by atoms with Gasteiger partial charge in [0.15, 0.2) is 0 Å². The molecule has 1 atom stereocenters. The maximum absolute atomic E-state index is 10.6. The zero-order valence-electron chi connectivity index (χ0n) is 11.3. The van der Waals surface area contributed by atoms with Crippen LogP contribution in [0.5, 0.6) is 0 Å². The topological polar surface area (TPSA) is 85.9 Å². The molecule has 0 aliphatic carbocycles. The molecule has 106 valence electrons. The van der Waals surface area contributed by atoms with E-state index in [0.29, 0.717) is 0 Å². The fraction of sp³-hybridized carbons (Fsp3) is 0.385. The number of rotatable bonds is 7. The number of aryl methyl sites for hydroxylation is 1. The Morgan fingerprint density at radius 2 is 2.15 bits per heavy atom. The van der Waals surface area contributed by atoms with E-state index in [-0.39, 0.29) is 16.7 Å². The molecular formula is C13H17N5O2. The molecule has 2 rings (SSSR count). The molecule has 0 bridgehead atoms. The Morgan fingerprint density at radius 3 is 2.75 bits per heavy atom. The first-order valence-corrected chi connectivity index (χ1v) is 6.48. The summed E-state index contributed by atoms with van der Waals surface area (Å²) in [6, 6.07) is 6.79. The third-order valence-electron chi connectivity index (χ3n) is 3.09. The molecule has 0 saturated heterocycles. The number of non-ortho nitro benzene ring substituents is 1. The molecule has 0 aliphatic heterocycles. The predicted molar refractivity (Wildman–Crippen MR) is 74.2 cm³/mol. The van der Waals surface area contributed by atoms with Crippen molar-refractivity contribution in [1.29, 1.82) is 0 Å². The Morgan fingerprint density at radius 1 is 1.40 bits per heavy atom. The molecule has 1 aromatic carbocycles. The summed E-state index contributed by atoms with van der Waals surface area (Å²) in [5.41, 5.74) is 1.16. The second-order valence-electron chi connectivity index (χ2n) is 4.54. The summed E-state index contributed by atoms with van der Waals surface area (Å²) in [6.07, 6.45) is 4.44. The third kappa shape index (κ3) is 3.86. The molecule has 1 N–H and O–H groups in total. The van der Waals surface area contributed by atoms with Gasteiger partial charge in [0.25, 0.3) is 5.69 Å². The molecule has 0 radical (unpaired) electrons. The van der Waals surface area contributed by atoms with Crippen LogP contribution in [0.4, 0.5) is 5.69 Å². The van der Waals surface area contributed by atoms with Crippen molar-refractivity contribution in [3.05, 3.63) is 52.3 Å². The van der Waals surface area contributed by atoms with Crippen molar-refractivity contribution in [2.45, 2.75) is 25.9 Å². The molecule has 0 saturated carbocycles. The first kappa shape index (κ1) is 14.1. The number of nitrogens with one attached hydrogen (secondary N) is 1. The second kappa shape index (κ2) is 6.76. The molecule has 0 spiro atoms. The maximum Gasteiger partial charge on any atom is 0.269 e. The van der Waals surface area contributed by atoms with Gasteiger partial charge >= 0.3 is 0 Å². The summed E-state index contributed by atoms with van der Waals surface area (Å²) in [7, 11) is 0. The van der Waals surface area contributed by atoms with Gasteiger partial charge < -0.3 is 5.32 Å². The SMILES string of the molecule is CC(NCCCn1ccnn1)c1ccc([N+](=O)[O-])cc1. The number of nitro groups is 1. The van der Waals surface area contributed by atoms with Crippen molar-refractivity contribution >= 4 is 5.69 Å². The Hall–Kier alpha value is -2.28. The Labute approximate surface area is 116 Å². The Balaban J connectivity index is 1.76. The van der Waals surface area contributed by atoms with Gasteiger partial charge in [0.05, 0.1) is 11.1 Å². The number of nitro benzene ring substituents is 1. The first-order chi connectivity index (χ1) is 9.66. The highest BCUT2D eigenvalue weighted by Crippen LogP contribution is 2.17. The van der Waals surface area contributed by atoms with Crippen LogP contribution in [0.3, 0.4) is 0 Å². The second-order valence-corrected chi connectivity index (χ2v) is 4.54. The number of hydrogen-bond acceptors (Lipinski definition) is 5. The molecular weight excluding hydrogens is 258 g/mol. The summed E-state index contributed by atoms with van der Waals surface area (Å²) < 4.78 is 1.79. The Kier molecular flexibility index (Phi) is 4.78. The fourth-order valence-electron chi connectivity index (χ4n) is 1.91. The number of benzene rings is 1. The predicted octanol–water partition coefficient (Wildman–Crippen LogP) is 1.93. The van der Waals surface area contributed by atoms with E-state index in [2.05, 4.69) is 15.6 Å². The van der Waals surface area contributed by atoms with Crippen LogP contribution in [-0.2, 0) is 6.54 Å². The minimum Gasteiger partial charge on any atom is -0.310 e. The average molecular weight is 275 g/mol. The summed E-state index contributed by atoms with van der Waals surface area (Å²) in [6.45, 7) is 3.70. The zero-order valence-corrected chi connectivity index (χ0v) is 11.3. The summed E-state index contributed by atoms with van der Waals surface area (Å²) in [4.78, 5) is 10.2. The third-order valence-corrected chi connectivity index (χ3v) is 3.09. The van der Waals surface area contributed by atoms with Crippen LogP contribution in [0.1, 0.15) is 24.9 Å². The molecule has 7 nitrogen and oxygen atoms in total. The zero-order chi connectivity index (χ0) is 14.4. The van der Waals surface area contributed by atoms with Crippen molar-refractivity contribution in [3.63, 3.8) is 0 Å². The quantitative estimate of drug-likeness (QED) is 0.474. The molecule has 7 heteroatoms. The van der Waals surface area contributed by atoms with E-state index in [1.807, 2.05) is 13.1 Å². The van der Waals surface area contributed by atoms with Gasteiger partial charge in [-0.05, 0) is 25.5 Å². The molecule has 1 unspecified atom stereocenters. The highest BCUT2D eigenvalue weighted by Gasteiger charge is 2.08. The van der Waals surface area contributed by atoms with E-state index in [9.17, 15) is 10.1 Å². The van der Waals surface area contributed by atoms with Gasteiger partial charge in [0, 0.05) is 30.9 Å². The minimum absolute atomic E-state index is 0.118. The maximum atomic E-state index is 10.6. The van der Waals surface area contributed by atoms with E-state index in [0.717, 1.165) is 25.1 Å². The highest BCUT2D eigenvalue weighted by atomic mass is 16.6. The van der Waals surface area contributed by atoms with Gasteiger partial charge in [-0.3, -0.25) is 14.8 Å². The van der Waals surface area contributed by atoms with E-state index in [1.165, 1.54) is 12.1 Å². The number of nitrogens with zero attached hydrogens (tertiary/aromatic N) is 4. The van der Waals surface area contributed by atoms with Crippen LogP contribution in [-0.4, -0.2) is 26.5 Å². The van der Waals surface area contributed by atoms with Crippen LogP contribution < -0.4 is 5.32 Å². The van der Waals surface area contributed by atoms with Gasteiger partial charge in [-0.25, -0.2) is 0 Å². The van der Waals surface area contributed by atoms with Crippen molar-refractivity contribution in [2.75, 3.05) is 6.54 Å². The highest BCUT2D eigenvalue weighted by molar-refractivity contribution is 5.33. The van der Waals surface area contributed by atoms with Gasteiger partial charge in [-0.15, -0.1) is 5.10 Å². The minimum atomic E-state index is -0.389. The molecule has 0 aliphatic rings. The van der Waals surface area contributed by atoms with Gasteiger partial charge in [-0.2, -0.15) is 0 Å². The summed E-state index contributed by atoms with van der Waals surface area (Å²) >= 11 is 0. The molecule has 0 fully saturated rings. The Bertz CT molecular complexity index is 538.